The largest absolute Gasteiger partial charge is 0.444 e. The zero-order chi connectivity index (χ0) is 12.7. The Morgan fingerprint density at radius 1 is 1.47 bits per heavy atom. The highest BCUT2D eigenvalue weighted by Crippen LogP contribution is 2.14. The number of carbonyl (C=O) groups is 1. The lowest BCUT2D eigenvalue weighted by Gasteiger charge is -2.23. The number of hydrogen-bond acceptors (Lipinski definition) is 2. The second-order valence-electron chi connectivity index (χ2n) is 4.94. The van der Waals surface area contributed by atoms with Gasteiger partial charge in [0.2, 0.25) is 0 Å². The van der Waals surface area contributed by atoms with E-state index >= 15 is 0 Å². The van der Waals surface area contributed by atoms with E-state index in [4.69, 9.17) is 4.74 Å². The molecule has 1 amide bonds. The molecule has 0 atom stereocenters. The van der Waals surface area contributed by atoms with E-state index in [1.54, 1.807) is 0 Å². The van der Waals surface area contributed by atoms with E-state index in [2.05, 4.69) is 23.5 Å². The molecule has 3 heteroatoms. The molecule has 0 aromatic rings. The van der Waals surface area contributed by atoms with Crippen LogP contribution in [0.3, 0.4) is 0 Å². The maximum absolute atomic E-state index is 11.5. The summed E-state index contributed by atoms with van der Waals surface area (Å²) in [4.78, 5) is 11.5. The molecule has 96 valence electrons. The summed E-state index contributed by atoms with van der Waals surface area (Å²) in [5.74, 6) is 0. The van der Waals surface area contributed by atoms with Crippen molar-refractivity contribution in [3.05, 3.63) is 23.8 Å². The molecule has 0 spiro atoms. The molecular weight excluding hydrogens is 214 g/mol. The minimum Gasteiger partial charge on any atom is -0.444 e. The van der Waals surface area contributed by atoms with E-state index < -0.39 is 0 Å². The van der Waals surface area contributed by atoms with Gasteiger partial charge < -0.3 is 10.1 Å². The topological polar surface area (TPSA) is 38.3 Å². The van der Waals surface area contributed by atoms with Gasteiger partial charge in [0.05, 0.1) is 0 Å². The molecule has 0 aromatic carbocycles. The van der Waals surface area contributed by atoms with Crippen LogP contribution >= 0.6 is 0 Å². The van der Waals surface area contributed by atoms with Crippen LogP contribution in [0.2, 0.25) is 0 Å². The van der Waals surface area contributed by atoms with Gasteiger partial charge in [-0.05, 0) is 39.5 Å². The van der Waals surface area contributed by atoms with Crippen molar-refractivity contribution in [1.29, 1.82) is 0 Å². The quantitative estimate of drug-likeness (QED) is 0.794. The minimum absolute atomic E-state index is 0.322. The Morgan fingerprint density at radius 3 is 2.82 bits per heavy atom. The lowest BCUT2D eigenvalue weighted by Crippen LogP contribution is -2.34. The van der Waals surface area contributed by atoms with Gasteiger partial charge in [-0.15, -0.1) is 0 Å². The zero-order valence-electron chi connectivity index (χ0n) is 11.1. The number of nitrogens with one attached hydrogen (secondary N) is 1. The molecule has 0 fully saturated rings. The molecule has 0 saturated heterocycles. The van der Waals surface area contributed by atoms with E-state index in [0.717, 1.165) is 25.7 Å². The van der Waals surface area contributed by atoms with Gasteiger partial charge in [0, 0.05) is 6.54 Å². The van der Waals surface area contributed by atoms with Gasteiger partial charge in [0.1, 0.15) is 5.60 Å². The number of rotatable bonds is 5. The summed E-state index contributed by atoms with van der Waals surface area (Å²) >= 11 is 0. The van der Waals surface area contributed by atoms with Crippen LogP contribution in [0.15, 0.2) is 23.8 Å². The van der Waals surface area contributed by atoms with Crippen molar-refractivity contribution in [3.63, 3.8) is 0 Å². The second-order valence-corrected chi connectivity index (χ2v) is 4.94. The Kier molecular flexibility index (Phi) is 5.26. The molecule has 3 nitrogen and oxygen atoms in total. The number of ether oxygens (including phenoxy) is 1. The van der Waals surface area contributed by atoms with Crippen LogP contribution in [0.25, 0.3) is 0 Å². The molecule has 1 aliphatic rings. The summed E-state index contributed by atoms with van der Waals surface area (Å²) in [6, 6.07) is 0. The summed E-state index contributed by atoms with van der Waals surface area (Å²) < 4.78 is 5.29. The first-order valence-electron chi connectivity index (χ1n) is 6.36. The van der Waals surface area contributed by atoms with Crippen LogP contribution in [-0.4, -0.2) is 18.2 Å². The van der Waals surface area contributed by atoms with Gasteiger partial charge in [0.25, 0.3) is 0 Å². The van der Waals surface area contributed by atoms with Gasteiger partial charge in [-0.1, -0.05) is 30.7 Å². The predicted octanol–water partition coefficient (Wildman–Crippen LogP) is 3.57. The lowest BCUT2D eigenvalue weighted by atomic mass is 10.0. The third-order valence-corrected chi connectivity index (χ3v) is 2.98. The zero-order valence-corrected chi connectivity index (χ0v) is 11.1. The molecule has 1 rings (SSSR count). The van der Waals surface area contributed by atoms with Gasteiger partial charge >= 0.3 is 6.09 Å². The normalized spacial score (nSPS) is 15.4. The van der Waals surface area contributed by atoms with Crippen LogP contribution in [0.1, 0.15) is 46.5 Å². The maximum Gasteiger partial charge on any atom is 0.407 e. The highest BCUT2D eigenvalue weighted by Gasteiger charge is 2.19. The molecular formula is C14H23NO2. The van der Waals surface area contributed by atoms with Crippen molar-refractivity contribution in [1.82, 2.24) is 5.32 Å². The van der Waals surface area contributed by atoms with Gasteiger partial charge in [0.15, 0.2) is 0 Å². The molecule has 1 aliphatic carbocycles. The number of alkyl carbamates (subject to hydrolysis) is 1. The van der Waals surface area contributed by atoms with Crippen molar-refractivity contribution < 1.29 is 9.53 Å². The van der Waals surface area contributed by atoms with E-state index in [1.807, 2.05) is 20.8 Å². The predicted molar refractivity (Wildman–Crippen MR) is 69.9 cm³/mol. The molecule has 0 unspecified atom stereocenters. The highest BCUT2D eigenvalue weighted by molar-refractivity contribution is 5.67. The molecule has 1 N–H and O–H groups in total. The van der Waals surface area contributed by atoms with Crippen LogP contribution in [0.4, 0.5) is 4.79 Å². The monoisotopic (exact) mass is 237 g/mol. The summed E-state index contributed by atoms with van der Waals surface area (Å²) in [6.45, 7) is 6.47. The first-order valence-corrected chi connectivity index (χ1v) is 6.36. The number of hydrogen-bond donors (Lipinski definition) is 1. The fourth-order valence-electron chi connectivity index (χ4n) is 1.52. The Labute approximate surface area is 104 Å². The van der Waals surface area contributed by atoms with Crippen LogP contribution < -0.4 is 5.32 Å². The third kappa shape index (κ3) is 5.57. The van der Waals surface area contributed by atoms with E-state index in [1.165, 1.54) is 5.57 Å². The Balaban J connectivity index is 2.20. The average Bonchev–Trinajstić information content (AvgIpc) is 2.30. The Bertz CT molecular complexity index is 316. The van der Waals surface area contributed by atoms with Gasteiger partial charge in [-0.2, -0.15) is 0 Å². The number of amides is 1. The Morgan fingerprint density at radius 2 is 2.24 bits per heavy atom. The minimum atomic E-state index is -0.381. The van der Waals surface area contributed by atoms with E-state index in [-0.39, 0.29) is 11.7 Å². The maximum atomic E-state index is 11.5. The van der Waals surface area contributed by atoms with Gasteiger partial charge in [-0.25, -0.2) is 4.79 Å². The number of allylic oxidation sites excluding steroid dienone is 3. The van der Waals surface area contributed by atoms with Crippen molar-refractivity contribution in [2.45, 2.75) is 52.1 Å². The van der Waals surface area contributed by atoms with Crippen LogP contribution in [-0.2, 0) is 4.74 Å². The summed E-state index contributed by atoms with van der Waals surface area (Å²) in [6.07, 6.45) is 10.1. The molecule has 0 saturated carbocycles. The van der Waals surface area contributed by atoms with Crippen molar-refractivity contribution in [2.75, 3.05) is 6.54 Å². The molecule has 0 radical (unpaired) electrons. The smallest absolute Gasteiger partial charge is 0.407 e. The van der Waals surface area contributed by atoms with Crippen molar-refractivity contribution >= 4 is 6.09 Å². The lowest BCUT2D eigenvalue weighted by molar-refractivity contribution is 0.0364. The molecule has 0 aromatic heterocycles. The molecule has 0 aliphatic heterocycles. The van der Waals surface area contributed by atoms with Crippen LogP contribution in [0, 0.1) is 0 Å². The van der Waals surface area contributed by atoms with E-state index in [9.17, 15) is 4.79 Å². The Hall–Kier alpha value is -1.25. The second kappa shape index (κ2) is 6.48. The fourth-order valence-corrected chi connectivity index (χ4v) is 1.52. The van der Waals surface area contributed by atoms with Gasteiger partial charge in [-0.3, -0.25) is 0 Å². The molecule has 0 heterocycles. The SMILES string of the molecule is CCC(C)(C)OC(=O)NCCC1=CCCC=C1. The average molecular weight is 237 g/mol. The van der Waals surface area contributed by atoms with Crippen molar-refractivity contribution in [2.24, 2.45) is 0 Å². The standard InChI is InChI=1S/C14H23NO2/c1-4-14(2,3)17-13(16)15-11-10-12-8-6-5-7-9-12/h6,8-9H,4-5,7,10-11H2,1-3H3,(H,15,16). The molecule has 0 bridgehead atoms. The first kappa shape index (κ1) is 13.8. The fraction of sp³-hybridized carbons (Fsp3) is 0.643. The number of carbonyl (C=O) groups excluding carboxylic acids is 1. The van der Waals surface area contributed by atoms with Crippen LogP contribution in [0.5, 0.6) is 0 Å². The third-order valence-electron chi connectivity index (χ3n) is 2.98. The summed E-state index contributed by atoms with van der Waals surface area (Å²) in [5.41, 5.74) is 0.917. The summed E-state index contributed by atoms with van der Waals surface area (Å²) in [7, 11) is 0. The summed E-state index contributed by atoms with van der Waals surface area (Å²) in [5, 5.41) is 2.78. The molecule has 17 heavy (non-hydrogen) atoms. The highest BCUT2D eigenvalue weighted by atomic mass is 16.6. The van der Waals surface area contributed by atoms with E-state index in [0.29, 0.717) is 6.54 Å². The van der Waals surface area contributed by atoms with Crippen molar-refractivity contribution in [3.8, 4) is 0 Å². The first-order chi connectivity index (χ1) is 8.03.